The van der Waals surface area contributed by atoms with Crippen molar-refractivity contribution in [1.29, 1.82) is 0 Å². The van der Waals surface area contributed by atoms with E-state index in [9.17, 15) is 4.79 Å². The van der Waals surface area contributed by atoms with Crippen LogP contribution in [0.1, 0.15) is 29.3 Å². The molecule has 0 amide bonds. The van der Waals surface area contributed by atoms with Crippen molar-refractivity contribution < 1.29 is 0 Å². The summed E-state index contributed by atoms with van der Waals surface area (Å²) < 4.78 is 1.76. The molecule has 2 aromatic heterocycles. The molecule has 5 rings (SSSR count). The number of nitrogens with zero attached hydrogens (tertiary/aromatic N) is 4. The van der Waals surface area contributed by atoms with E-state index in [4.69, 9.17) is 11.6 Å². The number of piperazine rings is 1. The first kappa shape index (κ1) is 21.1. The van der Waals surface area contributed by atoms with E-state index in [1.54, 1.807) is 22.2 Å². The molecule has 0 spiro atoms. The fraction of sp³-hybridized carbons (Fsp3) is 0.500. The number of benzene rings is 1. The van der Waals surface area contributed by atoms with Crippen molar-refractivity contribution in [2.45, 2.75) is 45.2 Å². The first-order valence-electron chi connectivity index (χ1n) is 11.3. The Hall–Kier alpha value is -1.73. The van der Waals surface area contributed by atoms with Gasteiger partial charge in [0.05, 0.1) is 11.7 Å². The lowest BCUT2D eigenvalue weighted by molar-refractivity contribution is 0.0932. The Morgan fingerprint density at radius 3 is 2.77 bits per heavy atom. The summed E-state index contributed by atoms with van der Waals surface area (Å²) in [6, 6.07) is 8.43. The summed E-state index contributed by atoms with van der Waals surface area (Å²) in [5.41, 5.74) is 2.42. The maximum Gasteiger partial charge on any atom is 0.262 e. The van der Waals surface area contributed by atoms with E-state index in [-0.39, 0.29) is 5.56 Å². The number of aromatic nitrogens is 2. The van der Waals surface area contributed by atoms with Crippen molar-refractivity contribution in [3.8, 4) is 0 Å². The van der Waals surface area contributed by atoms with Crippen molar-refractivity contribution in [2.75, 3.05) is 32.7 Å². The third kappa shape index (κ3) is 4.19. The topological polar surface area (TPSA) is 41.4 Å². The number of hydrogen-bond acceptors (Lipinski definition) is 5. The summed E-state index contributed by atoms with van der Waals surface area (Å²) in [7, 11) is 0. The lowest BCUT2D eigenvalue weighted by Crippen LogP contribution is -2.51. The van der Waals surface area contributed by atoms with E-state index in [2.05, 4.69) is 21.7 Å². The van der Waals surface area contributed by atoms with Crippen LogP contribution in [0, 0.1) is 0 Å². The Morgan fingerprint density at radius 1 is 1.19 bits per heavy atom. The highest BCUT2D eigenvalue weighted by Crippen LogP contribution is 2.35. The smallest absolute Gasteiger partial charge is 0.262 e. The maximum atomic E-state index is 13.3. The van der Waals surface area contributed by atoms with Crippen molar-refractivity contribution >= 4 is 33.2 Å². The molecule has 164 valence electrons. The Morgan fingerprint density at radius 2 is 2.00 bits per heavy atom. The van der Waals surface area contributed by atoms with E-state index in [1.807, 2.05) is 24.3 Å². The van der Waals surface area contributed by atoms with Crippen LogP contribution in [0.25, 0.3) is 10.2 Å². The number of rotatable bonds is 5. The molecule has 7 heteroatoms. The first-order valence-corrected chi connectivity index (χ1v) is 12.5. The molecular weight excluding hydrogens is 428 g/mol. The van der Waals surface area contributed by atoms with Crippen LogP contribution in [-0.4, -0.2) is 58.1 Å². The molecule has 0 N–H and O–H groups in total. The van der Waals surface area contributed by atoms with Crippen molar-refractivity contribution in [2.24, 2.45) is 0 Å². The Labute approximate surface area is 192 Å². The van der Waals surface area contributed by atoms with Gasteiger partial charge >= 0.3 is 0 Å². The van der Waals surface area contributed by atoms with Gasteiger partial charge in [0.1, 0.15) is 4.83 Å². The van der Waals surface area contributed by atoms with Gasteiger partial charge < -0.3 is 4.90 Å². The van der Waals surface area contributed by atoms with Gasteiger partial charge in [-0.25, -0.2) is 4.98 Å². The molecule has 1 unspecified atom stereocenters. The van der Waals surface area contributed by atoms with Gasteiger partial charge in [0.15, 0.2) is 0 Å². The number of hydrogen-bond donors (Lipinski definition) is 0. The molecule has 0 bridgehead atoms. The lowest BCUT2D eigenvalue weighted by atomic mass is 9.91. The summed E-state index contributed by atoms with van der Waals surface area (Å²) in [6.45, 7) is 8.65. The first-order chi connectivity index (χ1) is 15.1. The van der Waals surface area contributed by atoms with Gasteiger partial charge in [0.25, 0.3) is 5.56 Å². The summed E-state index contributed by atoms with van der Waals surface area (Å²) >= 11 is 8.02. The van der Waals surface area contributed by atoms with Gasteiger partial charge in [-0.3, -0.25) is 14.3 Å². The zero-order valence-corrected chi connectivity index (χ0v) is 19.6. The van der Waals surface area contributed by atoms with Crippen LogP contribution in [-0.2, 0) is 25.8 Å². The second-order valence-corrected chi connectivity index (χ2v) is 10.1. The van der Waals surface area contributed by atoms with Gasteiger partial charge in [0, 0.05) is 48.7 Å². The maximum absolute atomic E-state index is 13.3. The highest BCUT2D eigenvalue weighted by Gasteiger charge is 2.30. The number of thiophene rings is 1. The van der Waals surface area contributed by atoms with Crippen LogP contribution < -0.4 is 5.56 Å². The number of likely N-dealkylation sites (N-methyl/N-ethyl adjacent to an activating group) is 1. The average Bonchev–Trinajstić information content (AvgIpc) is 3.18. The molecule has 1 aliphatic carbocycles. The molecule has 1 fully saturated rings. The van der Waals surface area contributed by atoms with Crippen LogP contribution in [0.4, 0.5) is 0 Å². The van der Waals surface area contributed by atoms with Crippen molar-refractivity contribution in [3.05, 3.63) is 62.0 Å². The van der Waals surface area contributed by atoms with E-state index in [0.717, 1.165) is 66.1 Å². The average molecular weight is 457 g/mol. The molecule has 1 aliphatic heterocycles. The normalized spacial score (nSPS) is 20.3. The van der Waals surface area contributed by atoms with Crippen LogP contribution in [0.3, 0.4) is 0 Å². The predicted molar refractivity (Wildman–Crippen MR) is 129 cm³/mol. The Balaban J connectivity index is 1.35. The minimum absolute atomic E-state index is 0.101. The third-order valence-electron chi connectivity index (χ3n) is 6.96. The molecule has 5 nitrogen and oxygen atoms in total. The molecule has 0 saturated carbocycles. The minimum Gasteiger partial charge on any atom is -0.301 e. The highest BCUT2D eigenvalue weighted by molar-refractivity contribution is 7.18. The zero-order valence-electron chi connectivity index (χ0n) is 18.0. The molecule has 2 aliphatic rings. The van der Waals surface area contributed by atoms with Crippen molar-refractivity contribution in [1.82, 2.24) is 19.4 Å². The fourth-order valence-electron chi connectivity index (χ4n) is 5.04. The van der Waals surface area contributed by atoms with Gasteiger partial charge in [-0.2, -0.15) is 0 Å². The second kappa shape index (κ2) is 9.02. The highest BCUT2D eigenvalue weighted by atomic mass is 35.5. The molecule has 1 saturated heterocycles. The number of fused-ring (bicyclic) bond motifs is 3. The Kier molecular flexibility index (Phi) is 6.15. The molecule has 3 aromatic rings. The quantitative estimate of drug-likeness (QED) is 0.584. The van der Waals surface area contributed by atoms with Crippen LogP contribution in [0.15, 0.2) is 35.4 Å². The molecular formula is C24H29ClN4OS. The van der Waals surface area contributed by atoms with E-state index in [1.165, 1.54) is 23.5 Å². The summed E-state index contributed by atoms with van der Waals surface area (Å²) in [5, 5.41) is 1.61. The predicted octanol–water partition coefficient (Wildman–Crippen LogP) is 3.85. The standard InChI is InChI=1S/C24H29ClN4OS/c1-2-27-11-13-28(14-12-27)18-7-8-19-21(15-18)31-23-22(19)24(30)29(16-26-23)10-9-17-5-3-4-6-20(17)25/h3-6,16,18H,2,7-15H2,1H3. The van der Waals surface area contributed by atoms with Crippen LogP contribution >= 0.6 is 22.9 Å². The minimum atomic E-state index is 0.101. The summed E-state index contributed by atoms with van der Waals surface area (Å²) in [6.07, 6.45) is 5.62. The van der Waals surface area contributed by atoms with Crippen LogP contribution in [0.2, 0.25) is 5.02 Å². The van der Waals surface area contributed by atoms with Gasteiger partial charge in [0.2, 0.25) is 0 Å². The lowest BCUT2D eigenvalue weighted by Gasteiger charge is -2.40. The van der Waals surface area contributed by atoms with Gasteiger partial charge in [-0.1, -0.05) is 36.7 Å². The van der Waals surface area contributed by atoms with Gasteiger partial charge in [-0.05, 0) is 49.4 Å². The molecule has 1 atom stereocenters. The van der Waals surface area contributed by atoms with E-state index < -0.39 is 0 Å². The zero-order chi connectivity index (χ0) is 21.4. The van der Waals surface area contributed by atoms with Crippen molar-refractivity contribution in [3.63, 3.8) is 0 Å². The number of aryl methyl sites for hydroxylation is 3. The summed E-state index contributed by atoms with van der Waals surface area (Å²) in [5.74, 6) is 0. The second-order valence-electron chi connectivity index (χ2n) is 8.64. The van der Waals surface area contributed by atoms with Gasteiger partial charge in [-0.15, -0.1) is 11.3 Å². The molecule has 3 heterocycles. The van der Waals surface area contributed by atoms with E-state index >= 15 is 0 Å². The summed E-state index contributed by atoms with van der Waals surface area (Å²) in [4.78, 5) is 25.4. The fourth-order valence-corrected chi connectivity index (χ4v) is 6.52. The molecule has 1 aromatic carbocycles. The van der Waals surface area contributed by atoms with E-state index in [0.29, 0.717) is 12.6 Å². The SMILES string of the molecule is CCN1CCN(C2CCc3c(sc4ncn(CCc5ccccc5Cl)c(=O)c34)C2)CC1. The Bertz CT molecular complexity index is 1130. The molecule has 31 heavy (non-hydrogen) atoms. The third-order valence-corrected chi connectivity index (χ3v) is 8.49. The monoisotopic (exact) mass is 456 g/mol. The largest absolute Gasteiger partial charge is 0.301 e. The number of halogens is 1. The molecule has 0 radical (unpaired) electrons. The van der Waals surface area contributed by atoms with Crippen LogP contribution in [0.5, 0.6) is 0 Å².